The maximum Gasteiger partial charge on any atom is 0.231 e. The minimum absolute atomic E-state index is 0.0482. The third kappa shape index (κ3) is 3.87. The highest BCUT2D eigenvalue weighted by Gasteiger charge is 2.34. The van der Waals surface area contributed by atoms with Crippen LogP contribution in [0.1, 0.15) is 35.8 Å². The lowest BCUT2D eigenvalue weighted by Crippen LogP contribution is -2.30. The molecule has 1 N–H and O–H groups in total. The molecule has 2 heterocycles. The van der Waals surface area contributed by atoms with E-state index in [0.717, 1.165) is 24.3 Å². The van der Waals surface area contributed by atoms with Crippen LogP contribution in [0.15, 0.2) is 30.3 Å². The molecule has 1 saturated carbocycles. The van der Waals surface area contributed by atoms with E-state index in [1.807, 2.05) is 18.2 Å². The summed E-state index contributed by atoms with van der Waals surface area (Å²) in [5, 5.41) is 12.5. The Kier molecular flexibility index (Phi) is 4.48. The van der Waals surface area contributed by atoms with Gasteiger partial charge in [-0.1, -0.05) is 41.7 Å². The summed E-state index contributed by atoms with van der Waals surface area (Å²) in [4.78, 5) is 26.4. The van der Waals surface area contributed by atoms with Crippen molar-refractivity contribution >= 4 is 28.3 Å². The Morgan fingerprint density at radius 3 is 2.80 bits per heavy atom. The van der Waals surface area contributed by atoms with E-state index in [-0.39, 0.29) is 24.2 Å². The minimum atomic E-state index is -0.309. The SMILES string of the molecule is O=C(Nc1nnc(C2CC2)s1)[C@@H]1CC(=O)N(CCc2ccccc2)C1. The molecular weight excluding hydrogens is 336 g/mol. The lowest BCUT2D eigenvalue weighted by molar-refractivity contribution is -0.128. The van der Waals surface area contributed by atoms with E-state index >= 15 is 0 Å². The van der Waals surface area contributed by atoms with Gasteiger partial charge < -0.3 is 10.2 Å². The molecule has 2 aliphatic rings. The number of likely N-dealkylation sites (tertiary alicyclic amines) is 1. The van der Waals surface area contributed by atoms with Gasteiger partial charge in [-0.3, -0.25) is 9.59 Å². The number of hydrogen-bond donors (Lipinski definition) is 1. The lowest BCUT2D eigenvalue weighted by Gasteiger charge is -2.16. The van der Waals surface area contributed by atoms with E-state index in [9.17, 15) is 9.59 Å². The van der Waals surface area contributed by atoms with Crippen molar-refractivity contribution in [3.05, 3.63) is 40.9 Å². The number of benzene rings is 1. The number of amides is 2. The molecule has 0 spiro atoms. The number of rotatable bonds is 6. The zero-order valence-electron chi connectivity index (χ0n) is 13.9. The van der Waals surface area contributed by atoms with Crippen molar-refractivity contribution in [2.45, 2.75) is 31.6 Å². The number of carbonyl (C=O) groups is 2. The highest BCUT2D eigenvalue weighted by molar-refractivity contribution is 7.15. The summed E-state index contributed by atoms with van der Waals surface area (Å²) in [6.07, 6.45) is 3.41. The van der Waals surface area contributed by atoms with Gasteiger partial charge in [-0.15, -0.1) is 10.2 Å². The van der Waals surface area contributed by atoms with Crippen molar-refractivity contribution in [3.63, 3.8) is 0 Å². The predicted molar refractivity (Wildman–Crippen MR) is 95.3 cm³/mol. The van der Waals surface area contributed by atoms with Crippen molar-refractivity contribution in [1.82, 2.24) is 15.1 Å². The Morgan fingerprint density at radius 1 is 1.24 bits per heavy atom. The Morgan fingerprint density at radius 2 is 2.04 bits per heavy atom. The van der Waals surface area contributed by atoms with Crippen LogP contribution in [-0.2, 0) is 16.0 Å². The van der Waals surface area contributed by atoms with Crippen molar-refractivity contribution < 1.29 is 9.59 Å². The molecule has 4 rings (SSSR count). The summed E-state index contributed by atoms with van der Waals surface area (Å²) >= 11 is 1.45. The number of anilines is 1. The van der Waals surface area contributed by atoms with Crippen molar-refractivity contribution in [2.24, 2.45) is 5.92 Å². The third-order valence-corrected chi connectivity index (χ3v) is 5.70. The molecule has 0 bridgehead atoms. The van der Waals surface area contributed by atoms with E-state index in [4.69, 9.17) is 0 Å². The molecule has 1 aromatic carbocycles. The van der Waals surface area contributed by atoms with Crippen LogP contribution in [0.5, 0.6) is 0 Å². The van der Waals surface area contributed by atoms with Crippen molar-refractivity contribution in [3.8, 4) is 0 Å². The molecule has 25 heavy (non-hydrogen) atoms. The van der Waals surface area contributed by atoms with Crippen molar-refractivity contribution in [1.29, 1.82) is 0 Å². The number of carbonyl (C=O) groups excluding carboxylic acids is 2. The summed E-state index contributed by atoms with van der Waals surface area (Å²) in [5.74, 6) is 0.141. The maximum absolute atomic E-state index is 12.4. The Labute approximate surface area is 150 Å². The Balaban J connectivity index is 1.30. The van der Waals surface area contributed by atoms with Crippen LogP contribution in [0.4, 0.5) is 5.13 Å². The van der Waals surface area contributed by atoms with Crippen LogP contribution in [0, 0.1) is 5.92 Å². The first-order chi connectivity index (χ1) is 12.2. The average Bonchev–Trinajstić information content (AvgIpc) is 3.26. The van der Waals surface area contributed by atoms with Gasteiger partial charge >= 0.3 is 0 Å². The summed E-state index contributed by atoms with van der Waals surface area (Å²) in [5.41, 5.74) is 1.20. The van der Waals surface area contributed by atoms with Crippen LogP contribution in [0.3, 0.4) is 0 Å². The fraction of sp³-hybridized carbons (Fsp3) is 0.444. The van der Waals surface area contributed by atoms with E-state index in [1.54, 1.807) is 4.90 Å². The van der Waals surface area contributed by atoms with Crippen LogP contribution in [0.25, 0.3) is 0 Å². The highest BCUT2D eigenvalue weighted by atomic mass is 32.1. The first-order valence-electron chi connectivity index (χ1n) is 8.65. The Hall–Kier alpha value is -2.28. The number of hydrogen-bond acceptors (Lipinski definition) is 5. The van der Waals surface area contributed by atoms with Gasteiger partial charge in [0, 0.05) is 25.4 Å². The molecule has 6 nitrogen and oxygen atoms in total. The molecule has 1 aliphatic carbocycles. The first-order valence-corrected chi connectivity index (χ1v) is 9.46. The van der Waals surface area contributed by atoms with Gasteiger partial charge in [-0.25, -0.2) is 0 Å². The molecule has 1 atom stereocenters. The molecule has 2 fully saturated rings. The van der Waals surface area contributed by atoms with E-state index in [0.29, 0.717) is 24.1 Å². The summed E-state index contributed by atoms with van der Waals surface area (Å²) < 4.78 is 0. The van der Waals surface area contributed by atoms with Crippen molar-refractivity contribution in [2.75, 3.05) is 18.4 Å². The molecule has 2 amide bonds. The average molecular weight is 356 g/mol. The molecule has 0 unspecified atom stereocenters. The molecular formula is C18H20N4O2S. The van der Waals surface area contributed by atoms with Crippen LogP contribution >= 0.6 is 11.3 Å². The molecule has 7 heteroatoms. The fourth-order valence-corrected chi connectivity index (χ4v) is 3.98. The van der Waals surface area contributed by atoms with Crippen LogP contribution in [0.2, 0.25) is 0 Å². The van der Waals surface area contributed by atoms with Crippen LogP contribution in [-0.4, -0.2) is 40.0 Å². The minimum Gasteiger partial charge on any atom is -0.342 e. The summed E-state index contributed by atoms with van der Waals surface area (Å²) in [6.45, 7) is 1.13. The molecule has 1 aromatic heterocycles. The summed E-state index contributed by atoms with van der Waals surface area (Å²) in [7, 11) is 0. The normalized spacial score (nSPS) is 20.1. The molecule has 0 radical (unpaired) electrons. The standard InChI is InChI=1S/C18H20N4O2S/c23-15-10-14(11-22(15)9-8-12-4-2-1-3-5-12)16(24)19-18-21-20-17(25-18)13-6-7-13/h1-5,13-14H,6-11H2,(H,19,21,24)/t14-/m1/s1. The van der Waals surface area contributed by atoms with E-state index in [2.05, 4.69) is 27.6 Å². The molecule has 1 saturated heterocycles. The quantitative estimate of drug-likeness (QED) is 0.863. The monoisotopic (exact) mass is 356 g/mol. The number of nitrogens with zero attached hydrogens (tertiary/aromatic N) is 3. The number of aromatic nitrogens is 2. The van der Waals surface area contributed by atoms with Gasteiger partial charge in [0.2, 0.25) is 16.9 Å². The zero-order valence-corrected chi connectivity index (χ0v) is 14.7. The summed E-state index contributed by atoms with van der Waals surface area (Å²) in [6, 6.07) is 10.1. The second-order valence-corrected chi connectivity index (χ2v) is 7.69. The molecule has 2 aromatic rings. The van der Waals surface area contributed by atoms with Gasteiger partial charge in [-0.05, 0) is 24.8 Å². The van der Waals surface area contributed by atoms with E-state index < -0.39 is 0 Å². The smallest absolute Gasteiger partial charge is 0.231 e. The predicted octanol–water partition coefficient (Wildman–Crippen LogP) is 2.45. The highest BCUT2D eigenvalue weighted by Crippen LogP contribution is 2.42. The van der Waals surface area contributed by atoms with Gasteiger partial charge in [0.05, 0.1) is 5.92 Å². The lowest BCUT2D eigenvalue weighted by atomic mass is 10.1. The van der Waals surface area contributed by atoms with Gasteiger partial charge in [-0.2, -0.15) is 0 Å². The van der Waals surface area contributed by atoms with Gasteiger partial charge in [0.1, 0.15) is 5.01 Å². The zero-order chi connectivity index (χ0) is 17.2. The topological polar surface area (TPSA) is 75.2 Å². The maximum atomic E-state index is 12.4. The van der Waals surface area contributed by atoms with Gasteiger partial charge in [0.25, 0.3) is 0 Å². The van der Waals surface area contributed by atoms with Gasteiger partial charge in [0.15, 0.2) is 0 Å². The second-order valence-electron chi connectivity index (χ2n) is 6.69. The third-order valence-electron chi connectivity index (χ3n) is 4.70. The largest absolute Gasteiger partial charge is 0.342 e. The second kappa shape index (κ2) is 6.92. The van der Waals surface area contributed by atoms with E-state index in [1.165, 1.54) is 16.9 Å². The molecule has 1 aliphatic heterocycles. The van der Waals surface area contributed by atoms with Crippen LogP contribution < -0.4 is 5.32 Å². The Bertz CT molecular complexity index is 772. The molecule has 130 valence electrons. The first kappa shape index (κ1) is 16.2. The number of nitrogens with one attached hydrogen (secondary N) is 1. The fourth-order valence-electron chi connectivity index (χ4n) is 3.06.